The number of ether oxygens (including phenoxy) is 1. The number of carbonyl (C=O) groups is 1. The van der Waals surface area contributed by atoms with Gasteiger partial charge in [-0.15, -0.1) is 0 Å². The molecule has 1 aromatic rings. The van der Waals surface area contributed by atoms with Crippen LogP contribution < -0.4 is 0 Å². The van der Waals surface area contributed by atoms with E-state index in [9.17, 15) is 4.79 Å². The molecular weight excluding hydrogens is 228 g/mol. The van der Waals surface area contributed by atoms with Gasteiger partial charge in [-0.05, 0) is 32.3 Å². The molecule has 2 unspecified atom stereocenters. The summed E-state index contributed by atoms with van der Waals surface area (Å²) in [5.41, 5.74) is 0.873. The predicted octanol–water partition coefficient (Wildman–Crippen LogP) is 2.53. The monoisotopic (exact) mass is 250 g/mol. The van der Waals surface area contributed by atoms with Gasteiger partial charge in [0.25, 0.3) is 0 Å². The lowest BCUT2D eigenvalue weighted by Gasteiger charge is -2.08. The van der Waals surface area contributed by atoms with Crippen molar-refractivity contribution in [2.24, 2.45) is 0 Å². The Morgan fingerprint density at radius 3 is 3.17 bits per heavy atom. The van der Waals surface area contributed by atoms with E-state index >= 15 is 0 Å². The van der Waals surface area contributed by atoms with Crippen LogP contribution >= 0.6 is 0 Å². The predicted molar refractivity (Wildman–Crippen MR) is 69.5 cm³/mol. The molecule has 0 N–H and O–H groups in total. The van der Waals surface area contributed by atoms with Crippen molar-refractivity contribution in [3.05, 3.63) is 18.0 Å². The smallest absolute Gasteiger partial charge is 0.141 e. The van der Waals surface area contributed by atoms with Crippen LogP contribution in [0.3, 0.4) is 0 Å². The molecule has 18 heavy (non-hydrogen) atoms. The summed E-state index contributed by atoms with van der Waals surface area (Å²) >= 11 is 0. The van der Waals surface area contributed by atoms with E-state index in [1.165, 1.54) is 0 Å². The minimum absolute atomic E-state index is 0.147. The number of nitrogens with zero attached hydrogens (tertiary/aromatic N) is 2. The summed E-state index contributed by atoms with van der Waals surface area (Å²) in [5, 5.41) is 4.45. The molecule has 1 aliphatic rings. The second kappa shape index (κ2) is 6.14. The molecule has 0 aliphatic carbocycles. The van der Waals surface area contributed by atoms with Gasteiger partial charge in [0.05, 0.1) is 18.2 Å². The molecule has 2 atom stereocenters. The zero-order valence-electron chi connectivity index (χ0n) is 11.3. The maximum Gasteiger partial charge on any atom is 0.141 e. The van der Waals surface area contributed by atoms with Crippen LogP contribution in [0.2, 0.25) is 0 Å². The molecule has 2 heterocycles. The Kier molecular flexibility index (Phi) is 4.53. The van der Waals surface area contributed by atoms with E-state index in [4.69, 9.17) is 4.74 Å². The maximum absolute atomic E-state index is 11.9. The third-order valence-electron chi connectivity index (χ3n) is 3.56. The van der Waals surface area contributed by atoms with E-state index in [1.807, 2.05) is 16.9 Å². The van der Waals surface area contributed by atoms with E-state index in [-0.39, 0.29) is 11.9 Å². The van der Waals surface area contributed by atoms with Crippen molar-refractivity contribution in [1.82, 2.24) is 9.78 Å². The van der Waals surface area contributed by atoms with E-state index < -0.39 is 0 Å². The van der Waals surface area contributed by atoms with Gasteiger partial charge in [0.1, 0.15) is 5.78 Å². The summed E-state index contributed by atoms with van der Waals surface area (Å²) < 4.78 is 7.41. The highest BCUT2D eigenvalue weighted by molar-refractivity contribution is 5.80. The molecule has 4 heteroatoms. The standard InChI is InChI=1S/C14H22N2O2/c1-3-11(2)16-7-6-12(15-16)9-13(17)10-14-5-4-8-18-14/h6-7,11,14H,3-5,8-10H2,1-2H3. The zero-order chi connectivity index (χ0) is 13.0. The summed E-state index contributed by atoms with van der Waals surface area (Å²) in [7, 11) is 0. The van der Waals surface area contributed by atoms with Crippen LogP contribution in [0, 0.1) is 0 Å². The van der Waals surface area contributed by atoms with Gasteiger partial charge in [0.2, 0.25) is 0 Å². The average Bonchev–Trinajstić information content (AvgIpc) is 2.99. The first-order chi connectivity index (χ1) is 8.69. The Balaban J connectivity index is 1.84. The van der Waals surface area contributed by atoms with Crippen molar-refractivity contribution in [2.75, 3.05) is 6.61 Å². The molecule has 2 rings (SSSR count). The molecule has 0 bridgehead atoms. The number of rotatable bonds is 6. The van der Waals surface area contributed by atoms with Gasteiger partial charge in [-0.3, -0.25) is 9.48 Å². The van der Waals surface area contributed by atoms with Gasteiger partial charge in [-0.1, -0.05) is 6.92 Å². The minimum Gasteiger partial charge on any atom is -0.378 e. The molecule has 0 radical (unpaired) electrons. The Hall–Kier alpha value is -1.16. The second-order valence-corrected chi connectivity index (χ2v) is 5.10. The van der Waals surface area contributed by atoms with Gasteiger partial charge in [0.15, 0.2) is 0 Å². The number of hydrogen-bond donors (Lipinski definition) is 0. The summed E-state index contributed by atoms with van der Waals surface area (Å²) in [5.74, 6) is 0.233. The molecule has 0 saturated carbocycles. The maximum atomic E-state index is 11.9. The third kappa shape index (κ3) is 3.42. The van der Waals surface area contributed by atoms with Crippen molar-refractivity contribution in [3.63, 3.8) is 0 Å². The first-order valence-electron chi connectivity index (χ1n) is 6.86. The van der Waals surface area contributed by atoms with Crippen LogP contribution in [-0.2, 0) is 16.0 Å². The van der Waals surface area contributed by atoms with E-state index in [2.05, 4.69) is 18.9 Å². The van der Waals surface area contributed by atoms with Crippen molar-refractivity contribution < 1.29 is 9.53 Å². The SMILES string of the molecule is CCC(C)n1ccc(CC(=O)CC2CCCO2)n1. The largest absolute Gasteiger partial charge is 0.378 e. The van der Waals surface area contributed by atoms with Crippen LogP contribution in [0.4, 0.5) is 0 Å². The molecule has 1 aromatic heterocycles. The highest BCUT2D eigenvalue weighted by atomic mass is 16.5. The Bertz CT molecular complexity index is 394. The van der Waals surface area contributed by atoms with E-state index in [0.29, 0.717) is 18.9 Å². The molecule has 4 nitrogen and oxygen atoms in total. The average molecular weight is 250 g/mol. The number of Topliss-reactive ketones (excluding diaryl/α,β-unsaturated/α-hetero) is 1. The summed E-state index contributed by atoms with van der Waals surface area (Å²) in [6, 6.07) is 2.34. The molecule has 1 fully saturated rings. The fourth-order valence-electron chi connectivity index (χ4n) is 2.24. The lowest BCUT2D eigenvalue weighted by molar-refractivity contribution is -0.120. The molecule has 1 aliphatic heterocycles. The number of ketones is 1. The lowest BCUT2D eigenvalue weighted by atomic mass is 10.1. The molecule has 100 valence electrons. The Morgan fingerprint density at radius 2 is 2.50 bits per heavy atom. The highest BCUT2D eigenvalue weighted by Gasteiger charge is 2.19. The van der Waals surface area contributed by atoms with Gasteiger partial charge in [0, 0.05) is 25.3 Å². The Labute approximate surface area is 108 Å². The topological polar surface area (TPSA) is 44.1 Å². The Morgan fingerprint density at radius 1 is 1.67 bits per heavy atom. The molecular formula is C14H22N2O2. The third-order valence-corrected chi connectivity index (χ3v) is 3.56. The van der Waals surface area contributed by atoms with Crippen LogP contribution in [0.25, 0.3) is 0 Å². The molecule has 1 saturated heterocycles. The van der Waals surface area contributed by atoms with Gasteiger partial charge in [-0.25, -0.2) is 0 Å². The van der Waals surface area contributed by atoms with Crippen LogP contribution in [0.5, 0.6) is 0 Å². The number of hydrogen-bond acceptors (Lipinski definition) is 3. The molecule has 0 aromatic carbocycles. The quantitative estimate of drug-likeness (QED) is 0.779. The highest BCUT2D eigenvalue weighted by Crippen LogP contribution is 2.16. The van der Waals surface area contributed by atoms with Crippen LogP contribution in [0.1, 0.15) is 51.3 Å². The van der Waals surface area contributed by atoms with Gasteiger partial charge >= 0.3 is 0 Å². The zero-order valence-corrected chi connectivity index (χ0v) is 11.3. The lowest BCUT2D eigenvalue weighted by Crippen LogP contribution is -2.14. The fourth-order valence-corrected chi connectivity index (χ4v) is 2.24. The van der Waals surface area contributed by atoms with Crippen LogP contribution in [0.15, 0.2) is 12.3 Å². The van der Waals surface area contributed by atoms with Crippen molar-refractivity contribution in [2.45, 2.75) is 58.1 Å². The summed E-state index contributed by atoms with van der Waals surface area (Å²) in [6.07, 6.45) is 6.23. The molecule has 0 amide bonds. The number of aromatic nitrogens is 2. The van der Waals surface area contributed by atoms with Crippen LogP contribution in [-0.4, -0.2) is 28.3 Å². The van der Waals surface area contributed by atoms with Crippen molar-refractivity contribution >= 4 is 5.78 Å². The van der Waals surface area contributed by atoms with Gasteiger partial charge in [-0.2, -0.15) is 5.10 Å². The van der Waals surface area contributed by atoms with E-state index in [0.717, 1.165) is 31.6 Å². The minimum atomic E-state index is 0.147. The fraction of sp³-hybridized carbons (Fsp3) is 0.714. The first kappa shape index (κ1) is 13.3. The van der Waals surface area contributed by atoms with Crippen molar-refractivity contribution in [1.29, 1.82) is 0 Å². The summed E-state index contributed by atoms with van der Waals surface area (Å²) in [4.78, 5) is 11.9. The van der Waals surface area contributed by atoms with Crippen molar-refractivity contribution in [3.8, 4) is 0 Å². The summed E-state index contributed by atoms with van der Waals surface area (Å²) in [6.45, 7) is 5.07. The first-order valence-corrected chi connectivity index (χ1v) is 6.86. The van der Waals surface area contributed by atoms with E-state index in [1.54, 1.807) is 0 Å². The molecule has 0 spiro atoms. The number of carbonyl (C=O) groups excluding carboxylic acids is 1. The van der Waals surface area contributed by atoms with Gasteiger partial charge < -0.3 is 4.74 Å². The second-order valence-electron chi connectivity index (χ2n) is 5.10. The normalized spacial score (nSPS) is 21.1.